The Balaban J connectivity index is 2.10. The number of benzene rings is 2. The third-order valence-corrected chi connectivity index (χ3v) is 3.28. The van der Waals surface area contributed by atoms with Crippen LogP contribution in [0.5, 0.6) is 5.75 Å². The summed E-state index contributed by atoms with van der Waals surface area (Å²) >= 11 is 0. The minimum Gasteiger partial charge on any atom is -0.480 e. The lowest BCUT2D eigenvalue weighted by Gasteiger charge is -2.09. The predicted molar refractivity (Wildman–Crippen MR) is 99.1 cm³/mol. The van der Waals surface area contributed by atoms with Crippen molar-refractivity contribution >= 4 is 11.8 Å². The summed E-state index contributed by atoms with van der Waals surface area (Å²) in [6, 6.07) is 15.9. The van der Waals surface area contributed by atoms with Crippen molar-refractivity contribution in [3.63, 3.8) is 0 Å². The average molecular weight is 319 g/mol. The predicted octanol–water partition coefficient (Wildman–Crippen LogP) is 4.46. The van der Waals surface area contributed by atoms with E-state index in [1.807, 2.05) is 74.5 Å². The third kappa shape index (κ3) is 5.33. The lowest BCUT2D eigenvalue weighted by molar-refractivity contribution is 0.213. The molecule has 0 unspecified atom stereocenters. The molecule has 0 aromatic heterocycles. The highest BCUT2D eigenvalue weighted by Crippen LogP contribution is 2.24. The van der Waals surface area contributed by atoms with Gasteiger partial charge < -0.3 is 9.57 Å². The molecule has 0 atom stereocenters. The van der Waals surface area contributed by atoms with Crippen LogP contribution in [0.2, 0.25) is 0 Å². The van der Waals surface area contributed by atoms with Crippen molar-refractivity contribution in [3.8, 4) is 17.6 Å². The van der Waals surface area contributed by atoms with Crippen LogP contribution in [0, 0.1) is 18.8 Å². The van der Waals surface area contributed by atoms with Crippen LogP contribution in [0.25, 0.3) is 6.08 Å². The van der Waals surface area contributed by atoms with Crippen LogP contribution >= 0.6 is 0 Å². The van der Waals surface area contributed by atoms with E-state index in [4.69, 9.17) is 9.57 Å². The van der Waals surface area contributed by atoms with Gasteiger partial charge in [0.1, 0.15) is 19.5 Å². The Labute approximate surface area is 143 Å². The molecule has 3 heteroatoms. The maximum atomic E-state index is 5.89. The number of allylic oxidation sites excluding steroid dienone is 1. The van der Waals surface area contributed by atoms with Gasteiger partial charge in [-0.05, 0) is 43.7 Å². The molecule has 0 N–H and O–H groups in total. The van der Waals surface area contributed by atoms with Gasteiger partial charge in [0.15, 0.2) is 0 Å². The average Bonchev–Trinajstić information content (AvgIpc) is 2.59. The van der Waals surface area contributed by atoms with Gasteiger partial charge in [-0.2, -0.15) is 0 Å². The minimum absolute atomic E-state index is 0.339. The number of hydrogen-bond acceptors (Lipinski definition) is 3. The van der Waals surface area contributed by atoms with Gasteiger partial charge in [-0.1, -0.05) is 53.4 Å². The quantitative estimate of drug-likeness (QED) is 0.463. The first-order valence-corrected chi connectivity index (χ1v) is 7.73. The standard InChI is InChI=1S/C21H21NO2/c1-17-9-7-13-20(15-14-18(2)22-23-3)21(17)24-16-8-12-19-10-5-4-6-11-19/h4-7,9-11,13-15H,16H2,1-3H3/b15-14+,22-18+. The summed E-state index contributed by atoms with van der Waals surface area (Å²) in [5.41, 5.74) is 3.83. The van der Waals surface area contributed by atoms with Crippen LogP contribution in [0.3, 0.4) is 0 Å². The van der Waals surface area contributed by atoms with Crippen LogP contribution in [0.4, 0.5) is 0 Å². The summed E-state index contributed by atoms with van der Waals surface area (Å²) < 4.78 is 5.89. The Morgan fingerprint density at radius 2 is 1.92 bits per heavy atom. The SMILES string of the molecule is CO/N=C(C)/C=C/c1cccc(C)c1OCC#Cc1ccccc1. The number of ether oxygens (including phenoxy) is 1. The fourth-order valence-electron chi connectivity index (χ4n) is 2.16. The van der Waals surface area contributed by atoms with Crippen LogP contribution in [-0.4, -0.2) is 19.4 Å². The molecule has 0 saturated carbocycles. The van der Waals surface area contributed by atoms with Gasteiger partial charge in [0.05, 0.1) is 5.71 Å². The smallest absolute Gasteiger partial charge is 0.149 e. The van der Waals surface area contributed by atoms with Gasteiger partial charge in [0, 0.05) is 11.1 Å². The molecule has 0 bridgehead atoms. The second-order valence-corrected chi connectivity index (χ2v) is 5.20. The minimum atomic E-state index is 0.339. The normalized spacial score (nSPS) is 11.0. The third-order valence-electron chi connectivity index (χ3n) is 3.28. The number of para-hydroxylation sites is 1. The van der Waals surface area contributed by atoms with E-state index >= 15 is 0 Å². The van der Waals surface area contributed by atoms with E-state index in [0.29, 0.717) is 6.61 Å². The summed E-state index contributed by atoms with van der Waals surface area (Å²) in [5, 5.41) is 3.87. The van der Waals surface area contributed by atoms with Crippen molar-refractivity contribution in [1.29, 1.82) is 0 Å². The Bertz CT molecular complexity index is 780. The monoisotopic (exact) mass is 319 g/mol. The lowest BCUT2D eigenvalue weighted by Crippen LogP contribution is -1.98. The highest BCUT2D eigenvalue weighted by atomic mass is 16.6. The molecule has 24 heavy (non-hydrogen) atoms. The van der Waals surface area contributed by atoms with Gasteiger partial charge in [0.25, 0.3) is 0 Å². The van der Waals surface area contributed by atoms with Gasteiger partial charge in [-0.15, -0.1) is 0 Å². The molecule has 0 saturated heterocycles. The Hall–Kier alpha value is -2.99. The first-order chi connectivity index (χ1) is 11.7. The summed E-state index contributed by atoms with van der Waals surface area (Å²) in [6.07, 6.45) is 3.85. The molecule has 2 rings (SSSR count). The number of nitrogens with zero attached hydrogens (tertiary/aromatic N) is 1. The van der Waals surface area contributed by atoms with E-state index in [1.165, 1.54) is 7.11 Å². The topological polar surface area (TPSA) is 30.8 Å². The van der Waals surface area contributed by atoms with E-state index in [1.54, 1.807) is 0 Å². The van der Waals surface area contributed by atoms with Gasteiger partial charge in [-0.3, -0.25) is 0 Å². The fourth-order valence-corrected chi connectivity index (χ4v) is 2.16. The zero-order valence-corrected chi connectivity index (χ0v) is 14.2. The molecule has 2 aromatic rings. The second-order valence-electron chi connectivity index (χ2n) is 5.20. The number of oxime groups is 1. The maximum absolute atomic E-state index is 5.89. The molecule has 0 aliphatic carbocycles. The Morgan fingerprint density at radius 1 is 1.12 bits per heavy atom. The highest BCUT2D eigenvalue weighted by Gasteiger charge is 2.04. The number of hydrogen-bond donors (Lipinski definition) is 0. The molecule has 0 aliphatic rings. The van der Waals surface area contributed by atoms with Crippen molar-refractivity contribution in [3.05, 3.63) is 71.3 Å². The summed E-state index contributed by atoms with van der Waals surface area (Å²) in [4.78, 5) is 4.75. The first-order valence-electron chi connectivity index (χ1n) is 7.73. The molecule has 122 valence electrons. The van der Waals surface area contributed by atoms with Crippen molar-refractivity contribution in [2.75, 3.05) is 13.7 Å². The molecule has 2 aromatic carbocycles. The maximum Gasteiger partial charge on any atom is 0.149 e. The van der Waals surface area contributed by atoms with Crippen LogP contribution in [-0.2, 0) is 4.84 Å². The van der Waals surface area contributed by atoms with E-state index in [9.17, 15) is 0 Å². The number of rotatable bonds is 5. The molecule has 3 nitrogen and oxygen atoms in total. The Kier molecular flexibility index (Phi) is 6.67. The van der Waals surface area contributed by atoms with Gasteiger partial charge >= 0.3 is 0 Å². The summed E-state index contributed by atoms with van der Waals surface area (Å²) in [6.45, 7) is 4.24. The van der Waals surface area contributed by atoms with E-state index < -0.39 is 0 Å². The van der Waals surface area contributed by atoms with Crippen LogP contribution < -0.4 is 4.74 Å². The zero-order chi connectivity index (χ0) is 17.2. The molecule has 0 spiro atoms. The zero-order valence-electron chi connectivity index (χ0n) is 14.2. The molecule has 0 heterocycles. The molecule has 0 aliphatic heterocycles. The summed E-state index contributed by atoms with van der Waals surface area (Å²) in [7, 11) is 1.53. The Morgan fingerprint density at radius 3 is 2.67 bits per heavy atom. The molecular weight excluding hydrogens is 298 g/mol. The molecule has 0 radical (unpaired) electrons. The largest absolute Gasteiger partial charge is 0.480 e. The lowest BCUT2D eigenvalue weighted by atomic mass is 10.1. The van der Waals surface area contributed by atoms with Crippen LogP contribution in [0.15, 0.2) is 59.8 Å². The first kappa shape index (κ1) is 17.4. The van der Waals surface area contributed by atoms with E-state index in [-0.39, 0.29) is 0 Å². The molecular formula is C21H21NO2. The summed E-state index contributed by atoms with van der Waals surface area (Å²) in [5.74, 6) is 6.98. The van der Waals surface area contributed by atoms with Crippen molar-refractivity contribution in [1.82, 2.24) is 0 Å². The van der Waals surface area contributed by atoms with Gasteiger partial charge in [0.2, 0.25) is 0 Å². The van der Waals surface area contributed by atoms with Crippen LogP contribution in [0.1, 0.15) is 23.6 Å². The molecule has 0 fully saturated rings. The number of aryl methyl sites for hydroxylation is 1. The molecule has 0 amide bonds. The highest BCUT2D eigenvalue weighted by molar-refractivity contribution is 5.96. The van der Waals surface area contributed by atoms with Crippen molar-refractivity contribution in [2.24, 2.45) is 5.16 Å². The fraction of sp³-hybridized carbons (Fsp3) is 0.190. The van der Waals surface area contributed by atoms with E-state index in [2.05, 4.69) is 17.0 Å². The van der Waals surface area contributed by atoms with Crippen molar-refractivity contribution in [2.45, 2.75) is 13.8 Å². The second kappa shape index (κ2) is 9.22. The van der Waals surface area contributed by atoms with E-state index in [0.717, 1.165) is 28.2 Å². The van der Waals surface area contributed by atoms with Crippen molar-refractivity contribution < 1.29 is 9.57 Å². The van der Waals surface area contributed by atoms with Gasteiger partial charge in [-0.25, -0.2) is 0 Å².